The van der Waals surface area contributed by atoms with Gasteiger partial charge in [0.1, 0.15) is 17.4 Å². The molecule has 2 bridgehead atoms. The van der Waals surface area contributed by atoms with Crippen LogP contribution >= 0.6 is 0 Å². The molecule has 11 nitrogen and oxygen atoms in total. The van der Waals surface area contributed by atoms with E-state index in [1.54, 1.807) is 41.4 Å². The summed E-state index contributed by atoms with van der Waals surface area (Å²) in [4.78, 5) is 67.6. The van der Waals surface area contributed by atoms with Crippen LogP contribution in [0.4, 0.5) is 0 Å². The number of fused-ring (bicyclic) bond motifs is 3. The highest BCUT2D eigenvalue weighted by molar-refractivity contribution is 6.00. The summed E-state index contributed by atoms with van der Waals surface area (Å²) in [7, 11) is 1.31. The van der Waals surface area contributed by atoms with Crippen molar-refractivity contribution in [2.24, 2.45) is 5.41 Å². The fraction of sp³-hybridized carbons (Fsp3) is 0.333. The number of aromatic nitrogens is 3. The number of aromatic amines is 1. The van der Waals surface area contributed by atoms with E-state index in [2.05, 4.69) is 20.3 Å². The largest absolute Gasteiger partial charge is 0.465 e. The van der Waals surface area contributed by atoms with Gasteiger partial charge in [0.05, 0.1) is 30.5 Å². The second kappa shape index (κ2) is 11.2. The van der Waals surface area contributed by atoms with E-state index in [9.17, 15) is 19.2 Å². The number of amides is 3. The Balaban J connectivity index is 1.11. The van der Waals surface area contributed by atoms with Gasteiger partial charge >= 0.3 is 5.97 Å². The first kappa shape index (κ1) is 29.0. The number of para-hydroxylation sites is 1. The van der Waals surface area contributed by atoms with Crippen LogP contribution in [0.25, 0.3) is 22.2 Å². The van der Waals surface area contributed by atoms with Gasteiger partial charge in [0.2, 0.25) is 5.91 Å². The van der Waals surface area contributed by atoms with Crippen molar-refractivity contribution in [3.8, 4) is 11.3 Å². The van der Waals surface area contributed by atoms with Gasteiger partial charge < -0.3 is 24.8 Å². The zero-order valence-corrected chi connectivity index (χ0v) is 25.0. The number of pyridine rings is 2. The Kier molecular flexibility index (Phi) is 7.40. The lowest BCUT2D eigenvalue weighted by atomic mass is 9.85. The number of piperazine rings is 1. The molecule has 44 heavy (non-hydrogen) atoms. The first-order valence-corrected chi connectivity index (χ1v) is 14.5. The number of hydrogen-bond donors (Lipinski definition) is 2. The van der Waals surface area contributed by atoms with Crippen molar-refractivity contribution in [3.05, 3.63) is 83.9 Å². The standard InChI is InChI=1S/C33H34N6O5/c1-33(2,3)28(37-29(40)27-13-19-7-5-6-8-25(19)36-27)31(42)39-18-22-14-23(39)17-38(22)30(41)26-12-9-20(15-35-26)24-11-10-21(16-34-24)32(43)44-4/h5-13,15-16,22-23,28,36H,14,17-18H2,1-4H3,(H,37,40)/t22?,23-,28+/m0/s1. The summed E-state index contributed by atoms with van der Waals surface area (Å²) in [5.41, 5.74) is 2.70. The molecule has 2 N–H and O–H groups in total. The monoisotopic (exact) mass is 594 g/mol. The van der Waals surface area contributed by atoms with Crippen LogP contribution in [-0.2, 0) is 9.53 Å². The van der Waals surface area contributed by atoms with Gasteiger partial charge in [-0.25, -0.2) is 4.79 Å². The summed E-state index contributed by atoms with van der Waals surface area (Å²) in [6.45, 7) is 6.61. The minimum Gasteiger partial charge on any atom is -0.465 e. The SMILES string of the molecule is COC(=O)c1ccc(-c2ccc(C(=O)N3C[C@@H]4CC3CN4C(=O)[C@@H](NC(=O)c3cc4ccccc4[nH]3)C(C)(C)C)nc2)nc1. The number of rotatable bonds is 6. The number of H-pyrrole nitrogens is 1. The minimum atomic E-state index is -0.741. The van der Waals surface area contributed by atoms with Crippen molar-refractivity contribution in [3.63, 3.8) is 0 Å². The number of esters is 1. The van der Waals surface area contributed by atoms with Crippen LogP contribution in [0.5, 0.6) is 0 Å². The van der Waals surface area contributed by atoms with Gasteiger partial charge in [-0.05, 0) is 48.2 Å². The van der Waals surface area contributed by atoms with E-state index in [0.717, 1.165) is 10.9 Å². The van der Waals surface area contributed by atoms with E-state index in [4.69, 9.17) is 4.74 Å². The second-order valence-corrected chi connectivity index (χ2v) is 12.4. The molecule has 3 atom stereocenters. The quantitative estimate of drug-likeness (QED) is 0.325. The van der Waals surface area contributed by atoms with E-state index >= 15 is 0 Å². The summed E-state index contributed by atoms with van der Waals surface area (Å²) < 4.78 is 4.71. The van der Waals surface area contributed by atoms with Crippen LogP contribution in [0.15, 0.2) is 67.0 Å². The Labute approximate surface area is 254 Å². The van der Waals surface area contributed by atoms with Crippen LogP contribution in [0.3, 0.4) is 0 Å². The summed E-state index contributed by atoms with van der Waals surface area (Å²) in [6.07, 6.45) is 3.70. The zero-order chi connectivity index (χ0) is 31.2. The first-order chi connectivity index (χ1) is 21.0. The van der Waals surface area contributed by atoms with Gasteiger partial charge in [-0.15, -0.1) is 0 Å². The Morgan fingerprint density at radius 2 is 1.70 bits per heavy atom. The number of hydrogen-bond acceptors (Lipinski definition) is 7. The van der Waals surface area contributed by atoms with E-state index in [1.807, 2.05) is 49.9 Å². The van der Waals surface area contributed by atoms with E-state index < -0.39 is 17.4 Å². The Morgan fingerprint density at radius 3 is 2.32 bits per heavy atom. The van der Waals surface area contributed by atoms with E-state index in [-0.39, 0.29) is 29.8 Å². The topological polar surface area (TPSA) is 138 Å². The van der Waals surface area contributed by atoms with Crippen LogP contribution in [0, 0.1) is 5.41 Å². The zero-order valence-electron chi connectivity index (χ0n) is 25.0. The maximum atomic E-state index is 13.9. The molecular formula is C33H34N6O5. The van der Waals surface area contributed by atoms with Gasteiger partial charge in [0, 0.05) is 41.9 Å². The molecule has 2 fully saturated rings. The first-order valence-electron chi connectivity index (χ1n) is 14.5. The molecule has 0 aliphatic carbocycles. The third-order valence-electron chi connectivity index (χ3n) is 8.41. The number of nitrogens with zero attached hydrogens (tertiary/aromatic N) is 4. The van der Waals surface area contributed by atoms with Crippen molar-refractivity contribution in [2.45, 2.75) is 45.3 Å². The van der Waals surface area contributed by atoms with Crippen LogP contribution in [0.2, 0.25) is 0 Å². The van der Waals surface area contributed by atoms with Crippen molar-refractivity contribution < 1.29 is 23.9 Å². The molecule has 1 aromatic carbocycles. The number of methoxy groups -OCH3 is 1. The molecule has 11 heteroatoms. The fourth-order valence-electron chi connectivity index (χ4n) is 6.03. The molecule has 2 saturated heterocycles. The minimum absolute atomic E-state index is 0.129. The highest BCUT2D eigenvalue weighted by atomic mass is 16.5. The maximum absolute atomic E-state index is 13.9. The molecule has 1 unspecified atom stereocenters. The van der Waals surface area contributed by atoms with Gasteiger partial charge in [-0.2, -0.15) is 0 Å². The second-order valence-electron chi connectivity index (χ2n) is 12.4. The number of benzene rings is 1. The van der Waals surface area contributed by atoms with Crippen molar-refractivity contribution >= 4 is 34.6 Å². The molecule has 3 amide bonds. The average molecular weight is 595 g/mol. The third-order valence-corrected chi connectivity index (χ3v) is 8.41. The van der Waals surface area contributed by atoms with E-state index in [1.165, 1.54) is 13.3 Å². The molecule has 4 aromatic rings. The van der Waals surface area contributed by atoms with Gasteiger partial charge in [-0.3, -0.25) is 24.4 Å². The molecule has 226 valence electrons. The number of ether oxygens (including phenoxy) is 1. The molecule has 0 radical (unpaired) electrons. The molecule has 0 spiro atoms. The maximum Gasteiger partial charge on any atom is 0.339 e. The molecule has 6 rings (SSSR count). The predicted octanol–water partition coefficient (Wildman–Crippen LogP) is 3.68. The number of carbonyl (C=O) groups is 4. The number of carbonyl (C=O) groups excluding carboxylic acids is 4. The lowest BCUT2D eigenvalue weighted by Gasteiger charge is -2.39. The lowest BCUT2D eigenvalue weighted by Crippen LogP contribution is -2.59. The normalized spacial score (nSPS) is 18.4. The molecule has 2 aliphatic rings. The van der Waals surface area contributed by atoms with Crippen LogP contribution in [0.1, 0.15) is 58.5 Å². The Morgan fingerprint density at radius 1 is 0.955 bits per heavy atom. The van der Waals surface area contributed by atoms with Gasteiger partial charge in [0.15, 0.2) is 0 Å². The summed E-state index contributed by atoms with van der Waals surface area (Å²) in [5.74, 6) is -1.13. The fourth-order valence-corrected chi connectivity index (χ4v) is 6.03. The molecule has 0 saturated carbocycles. The highest BCUT2D eigenvalue weighted by Crippen LogP contribution is 2.34. The Bertz CT molecular complexity index is 1710. The Hall–Kier alpha value is -5.06. The molecule has 5 heterocycles. The number of nitrogens with one attached hydrogen (secondary N) is 2. The van der Waals surface area contributed by atoms with Crippen molar-refractivity contribution in [2.75, 3.05) is 20.2 Å². The van der Waals surface area contributed by atoms with Gasteiger partial charge in [0.25, 0.3) is 11.8 Å². The highest BCUT2D eigenvalue weighted by Gasteiger charge is 2.50. The average Bonchev–Trinajstić information content (AvgIpc) is 3.77. The van der Waals surface area contributed by atoms with Crippen LogP contribution < -0.4 is 5.32 Å². The lowest BCUT2D eigenvalue weighted by molar-refractivity contribution is -0.138. The number of likely N-dealkylation sites (tertiary alicyclic amines) is 2. The summed E-state index contributed by atoms with van der Waals surface area (Å²) in [6, 6.07) is 15.2. The van der Waals surface area contributed by atoms with Crippen molar-refractivity contribution in [1.82, 2.24) is 30.1 Å². The molecular weight excluding hydrogens is 560 g/mol. The van der Waals surface area contributed by atoms with E-state index in [0.29, 0.717) is 47.7 Å². The van der Waals surface area contributed by atoms with Crippen LogP contribution in [-0.4, -0.2) is 86.8 Å². The summed E-state index contributed by atoms with van der Waals surface area (Å²) in [5, 5.41) is 3.90. The summed E-state index contributed by atoms with van der Waals surface area (Å²) >= 11 is 0. The van der Waals surface area contributed by atoms with Crippen molar-refractivity contribution in [1.29, 1.82) is 0 Å². The smallest absolute Gasteiger partial charge is 0.339 e. The van der Waals surface area contributed by atoms with Gasteiger partial charge in [-0.1, -0.05) is 39.0 Å². The predicted molar refractivity (Wildman–Crippen MR) is 163 cm³/mol. The molecule has 2 aliphatic heterocycles. The third kappa shape index (κ3) is 5.41. The molecule has 3 aromatic heterocycles.